The van der Waals surface area contributed by atoms with Crippen molar-refractivity contribution >= 4 is 0 Å². The summed E-state index contributed by atoms with van der Waals surface area (Å²) in [6.45, 7) is 15.7. The number of likely N-dealkylation sites (tertiary alicyclic amines) is 1. The Kier molecular flexibility index (Phi) is 6.81. The Morgan fingerprint density at radius 2 is 1.52 bits per heavy atom. The van der Waals surface area contributed by atoms with Crippen molar-refractivity contribution < 1.29 is 4.74 Å². The number of nitrogens with zero attached hydrogens (tertiary/aromatic N) is 3. The van der Waals surface area contributed by atoms with Crippen molar-refractivity contribution in [2.24, 2.45) is 5.92 Å². The van der Waals surface area contributed by atoms with Crippen molar-refractivity contribution in [3.05, 3.63) is 0 Å². The first-order valence-electron chi connectivity index (χ1n) is 10.8. The van der Waals surface area contributed by atoms with E-state index < -0.39 is 0 Å². The molecule has 0 N–H and O–H groups in total. The summed E-state index contributed by atoms with van der Waals surface area (Å²) in [6.07, 6.45) is 8.83. The standard InChI is InChI=1S/C21H41N3O/c1-5-24-15-14-23(17-21(24,2)3)16-18-6-8-19(9-7-18)25-20-10-12-22(4)13-11-20/h18-20H,5-17H2,1-4H3/t18-,19-. The van der Waals surface area contributed by atoms with Crippen molar-refractivity contribution in [1.82, 2.24) is 14.7 Å². The second-order valence-electron chi connectivity index (χ2n) is 9.41. The van der Waals surface area contributed by atoms with E-state index >= 15 is 0 Å². The van der Waals surface area contributed by atoms with E-state index in [1.165, 1.54) is 84.3 Å². The predicted octanol–water partition coefficient (Wildman–Crippen LogP) is 3.07. The predicted molar refractivity (Wildman–Crippen MR) is 105 cm³/mol. The number of ether oxygens (including phenoxy) is 1. The molecule has 0 aromatic carbocycles. The van der Waals surface area contributed by atoms with Gasteiger partial charge in [0.2, 0.25) is 0 Å². The van der Waals surface area contributed by atoms with E-state index in [-0.39, 0.29) is 0 Å². The minimum Gasteiger partial charge on any atom is -0.375 e. The fourth-order valence-corrected chi connectivity index (χ4v) is 5.24. The summed E-state index contributed by atoms with van der Waals surface area (Å²) >= 11 is 0. The molecule has 2 heterocycles. The highest BCUT2D eigenvalue weighted by molar-refractivity contribution is 4.90. The van der Waals surface area contributed by atoms with Gasteiger partial charge in [-0.15, -0.1) is 0 Å². The Labute approximate surface area is 155 Å². The Bertz CT molecular complexity index is 398. The summed E-state index contributed by atoms with van der Waals surface area (Å²) in [5.74, 6) is 0.890. The maximum absolute atomic E-state index is 6.43. The maximum atomic E-state index is 6.43. The highest BCUT2D eigenvalue weighted by Gasteiger charge is 2.34. The Morgan fingerprint density at radius 3 is 2.12 bits per heavy atom. The van der Waals surface area contributed by atoms with E-state index in [1.54, 1.807) is 0 Å². The van der Waals surface area contributed by atoms with Crippen molar-refractivity contribution in [2.75, 3.05) is 52.9 Å². The summed E-state index contributed by atoms with van der Waals surface area (Å²) < 4.78 is 6.43. The first kappa shape index (κ1) is 19.6. The van der Waals surface area contributed by atoms with Gasteiger partial charge in [0.25, 0.3) is 0 Å². The number of piperidine rings is 1. The molecule has 146 valence electrons. The summed E-state index contributed by atoms with van der Waals surface area (Å²) in [7, 11) is 2.23. The molecule has 3 rings (SSSR count). The zero-order valence-electron chi connectivity index (χ0n) is 17.2. The molecule has 0 atom stereocenters. The summed E-state index contributed by atoms with van der Waals surface area (Å²) in [4.78, 5) is 7.79. The second-order valence-corrected chi connectivity index (χ2v) is 9.41. The topological polar surface area (TPSA) is 19.0 Å². The smallest absolute Gasteiger partial charge is 0.0603 e. The monoisotopic (exact) mass is 351 g/mol. The lowest BCUT2D eigenvalue weighted by Crippen LogP contribution is -2.59. The summed E-state index contributed by atoms with van der Waals surface area (Å²) in [6, 6.07) is 0. The Balaban J connectivity index is 1.37. The minimum atomic E-state index is 0.335. The van der Waals surface area contributed by atoms with Crippen LogP contribution in [0, 0.1) is 5.92 Å². The van der Waals surface area contributed by atoms with Gasteiger partial charge in [-0.3, -0.25) is 9.80 Å². The third-order valence-corrected chi connectivity index (χ3v) is 6.90. The van der Waals surface area contributed by atoms with Crippen LogP contribution in [0.25, 0.3) is 0 Å². The van der Waals surface area contributed by atoms with Crippen LogP contribution >= 0.6 is 0 Å². The quantitative estimate of drug-likeness (QED) is 0.758. The van der Waals surface area contributed by atoms with Crippen LogP contribution < -0.4 is 0 Å². The van der Waals surface area contributed by atoms with Gasteiger partial charge in [0.1, 0.15) is 0 Å². The van der Waals surface area contributed by atoms with Crippen molar-refractivity contribution in [2.45, 2.75) is 77.0 Å². The molecule has 0 bridgehead atoms. The molecule has 4 nitrogen and oxygen atoms in total. The van der Waals surface area contributed by atoms with Crippen LogP contribution in [0.2, 0.25) is 0 Å². The van der Waals surface area contributed by atoms with Gasteiger partial charge in [0.15, 0.2) is 0 Å². The van der Waals surface area contributed by atoms with Crippen molar-refractivity contribution in [3.8, 4) is 0 Å². The van der Waals surface area contributed by atoms with Crippen LogP contribution in [0.5, 0.6) is 0 Å². The summed E-state index contributed by atoms with van der Waals surface area (Å²) in [5.41, 5.74) is 0.335. The molecule has 0 spiro atoms. The van der Waals surface area contributed by atoms with Crippen molar-refractivity contribution in [1.29, 1.82) is 0 Å². The largest absolute Gasteiger partial charge is 0.375 e. The second kappa shape index (κ2) is 8.69. The van der Waals surface area contributed by atoms with E-state index in [1.807, 2.05) is 0 Å². The van der Waals surface area contributed by atoms with E-state index in [0.29, 0.717) is 17.7 Å². The van der Waals surface area contributed by atoms with Crippen LogP contribution in [0.3, 0.4) is 0 Å². The van der Waals surface area contributed by atoms with Gasteiger partial charge in [0.05, 0.1) is 12.2 Å². The average Bonchev–Trinajstić information content (AvgIpc) is 2.58. The average molecular weight is 352 g/mol. The molecular weight excluding hydrogens is 310 g/mol. The van der Waals surface area contributed by atoms with E-state index in [0.717, 1.165) is 5.92 Å². The molecule has 1 saturated carbocycles. The molecule has 1 aliphatic carbocycles. The molecule has 0 amide bonds. The van der Waals surface area contributed by atoms with E-state index in [4.69, 9.17) is 4.74 Å². The highest BCUT2D eigenvalue weighted by Crippen LogP contribution is 2.30. The molecule has 0 aromatic rings. The molecule has 0 radical (unpaired) electrons. The zero-order chi connectivity index (χ0) is 17.9. The number of likely N-dealkylation sites (N-methyl/N-ethyl adjacent to an activating group) is 1. The van der Waals surface area contributed by atoms with Gasteiger partial charge in [-0.05, 0) is 71.9 Å². The Morgan fingerprint density at radius 1 is 0.880 bits per heavy atom. The van der Waals surface area contributed by atoms with E-state index in [9.17, 15) is 0 Å². The molecule has 2 aliphatic heterocycles. The molecule has 3 aliphatic rings. The first-order chi connectivity index (χ1) is 12.0. The lowest BCUT2D eigenvalue weighted by molar-refractivity contribution is -0.0618. The van der Waals surface area contributed by atoms with Gasteiger partial charge in [-0.1, -0.05) is 6.92 Å². The fraction of sp³-hybridized carbons (Fsp3) is 1.00. The summed E-state index contributed by atoms with van der Waals surface area (Å²) in [5, 5.41) is 0. The first-order valence-corrected chi connectivity index (χ1v) is 10.8. The third-order valence-electron chi connectivity index (χ3n) is 6.90. The SMILES string of the molecule is CCN1CCN(C[C@H]2CC[C@H](OC3CCN(C)CC3)CC2)CC1(C)C. The number of hydrogen-bond acceptors (Lipinski definition) is 4. The molecule has 0 aromatic heterocycles. The molecule has 0 unspecified atom stereocenters. The van der Waals surface area contributed by atoms with Gasteiger partial charge in [-0.25, -0.2) is 0 Å². The van der Waals surface area contributed by atoms with Gasteiger partial charge < -0.3 is 9.64 Å². The number of hydrogen-bond donors (Lipinski definition) is 0. The number of piperazine rings is 1. The minimum absolute atomic E-state index is 0.335. The molecule has 3 fully saturated rings. The maximum Gasteiger partial charge on any atom is 0.0603 e. The van der Waals surface area contributed by atoms with Crippen LogP contribution in [-0.2, 0) is 4.74 Å². The van der Waals surface area contributed by atoms with Crippen LogP contribution in [0.4, 0.5) is 0 Å². The fourth-order valence-electron chi connectivity index (χ4n) is 5.24. The van der Waals surface area contributed by atoms with Crippen LogP contribution in [-0.4, -0.2) is 85.3 Å². The third kappa shape index (κ3) is 5.41. The molecule has 4 heteroatoms. The Hall–Kier alpha value is -0.160. The highest BCUT2D eigenvalue weighted by atomic mass is 16.5. The lowest BCUT2D eigenvalue weighted by Gasteiger charge is -2.48. The van der Waals surface area contributed by atoms with E-state index in [2.05, 4.69) is 42.5 Å². The lowest BCUT2D eigenvalue weighted by atomic mass is 9.86. The molecule has 25 heavy (non-hydrogen) atoms. The van der Waals surface area contributed by atoms with Crippen LogP contribution in [0.1, 0.15) is 59.3 Å². The molecule has 2 saturated heterocycles. The van der Waals surface area contributed by atoms with Crippen molar-refractivity contribution in [3.63, 3.8) is 0 Å². The van der Waals surface area contributed by atoms with Gasteiger partial charge in [0, 0.05) is 44.8 Å². The van der Waals surface area contributed by atoms with Crippen LogP contribution in [0.15, 0.2) is 0 Å². The number of rotatable bonds is 5. The van der Waals surface area contributed by atoms with Gasteiger partial charge >= 0.3 is 0 Å². The molecular formula is C21H41N3O. The normalized spacial score (nSPS) is 33.6. The van der Waals surface area contributed by atoms with Gasteiger partial charge in [-0.2, -0.15) is 0 Å². The zero-order valence-corrected chi connectivity index (χ0v) is 17.2.